The summed E-state index contributed by atoms with van der Waals surface area (Å²) in [5.41, 5.74) is 2.44. The van der Waals surface area contributed by atoms with Gasteiger partial charge in [-0.1, -0.05) is 6.07 Å². The normalized spacial score (nSPS) is 12.0. The Labute approximate surface area is 115 Å². The number of aryl methyl sites for hydroxylation is 2. The molecule has 0 heterocycles. The molecule has 0 aliphatic heterocycles. The van der Waals surface area contributed by atoms with Crippen molar-refractivity contribution in [3.05, 3.63) is 29.3 Å². The largest absolute Gasteiger partial charge is 0.493 e. The number of carbonyl (C=O) groups is 1. The third-order valence-corrected chi connectivity index (χ3v) is 3.17. The number of likely N-dealkylation sites (N-methyl/N-ethyl adjacent to an activating group) is 1. The molecule has 1 amide bonds. The van der Waals surface area contributed by atoms with Crippen LogP contribution in [0.15, 0.2) is 18.2 Å². The van der Waals surface area contributed by atoms with Crippen LogP contribution in [0.1, 0.15) is 24.5 Å². The van der Waals surface area contributed by atoms with Gasteiger partial charge in [-0.15, -0.1) is 0 Å². The summed E-state index contributed by atoms with van der Waals surface area (Å²) >= 11 is 0. The summed E-state index contributed by atoms with van der Waals surface area (Å²) in [7, 11) is 1.87. The highest BCUT2D eigenvalue weighted by Gasteiger charge is 2.04. The Morgan fingerprint density at radius 1 is 1.32 bits per heavy atom. The van der Waals surface area contributed by atoms with Gasteiger partial charge in [-0.25, -0.2) is 0 Å². The van der Waals surface area contributed by atoms with Gasteiger partial charge in [0.05, 0.1) is 13.0 Å². The Kier molecular flexibility index (Phi) is 6.36. The van der Waals surface area contributed by atoms with Crippen LogP contribution < -0.4 is 15.4 Å². The third-order valence-electron chi connectivity index (χ3n) is 3.17. The molecule has 4 heteroatoms. The molecule has 106 valence electrons. The lowest BCUT2D eigenvalue weighted by molar-refractivity contribution is -0.121. The second kappa shape index (κ2) is 7.79. The summed E-state index contributed by atoms with van der Waals surface area (Å²) < 4.78 is 5.57. The summed E-state index contributed by atoms with van der Waals surface area (Å²) in [5, 5.41) is 5.93. The zero-order chi connectivity index (χ0) is 14.3. The van der Waals surface area contributed by atoms with Crippen LogP contribution in [-0.2, 0) is 4.79 Å². The lowest BCUT2D eigenvalue weighted by atomic mass is 10.1. The van der Waals surface area contributed by atoms with Crippen LogP contribution in [-0.4, -0.2) is 32.1 Å². The van der Waals surface area contributed by atoms with Crippen LogP contribution in [0.2, 0.25) is 0 Å². The number of amides is 1. The van der Waals surface area contributed by atoms with E-state index in [1.54, 1.807) is 0 Å². The van der Waals surface area contributed by atoms with Crippen molar-refractivity contribution in [3.8, 4) is 5.75 Å². The molecule has 0 aliphatic carbocycles. The van der Waals surface area contributed by atoms with E-state index < -0.39 is 0 Å². The zero-order valence-electron chi connectivity index (χ0n) is 12.2. The Balaban J connectivity index is 2.26. The van der Waals surface area contributed by atoms with Gasteiger partial charge in [-0.3, -0.25) is 4.79 Å². The minimum Gasteiger partial charge on any atom is -0.493 e. The molecule has 1 aromatic rings. The van der Waals surface area contributed by atoms with Crippen LogP contribution in [0.25, 0.3) is 0 Å². The van der Waals surface area contributed by atoms with E-state index in [4.69, 9.17) is 4.74 Å². The number of hydrogen-bond acceptors (Lipinski definition) is 3. The van der Waals surface area contributed by atoms with E-state index in [-0.39, 0.29) is 11.9 Å². The van der Waals surface area contributed by atoms with E-state index in [0.717, 1.165) is 5.75 Å². The fraction of sp³-hybridized carbons (Fsp3) is 0.533. The molecular formula is C15H24N2O2. The molecule has 0 fully saturated rings. The Bertz CT molecular complexity index is 419. The Morgan fingerprint density at radius 3 is 2.68 bits per heavy atom. The summed E-state index contributed by atoms with van der Waals surface area (Å²) in [5.74, 6) is 0.838. The maximum absolute atomic E-state index is 11.6. The molecule has 0 saturated heterocycles. The van der Waals surface area contributed by atoms with Gasteiger partial charge < -0.3 is 15.4 Å². The molecule has 2 N–H and O–H groups in total. The van der Waals surface area contributed by atoms with Crippen molar-refractivity contribution < 1.29 is 9.53 Å². The average Bonchev–Trinajstić information content (AvgIpc) is 2.40. The molecule has 1 unspecified atom stereocenters. The second-order valence-electron chi connectivity index (χ2n) is 4.84. The van der Waals surface area contributed by atoms with E-state index in [2.05, 4.69) is 17.6 Å². The number of hydrogen-bond donors (Lipinski definition) is 2. The van der Waals surface area contributed by atoms with Crippen molar-refractivity contribution in [3.63, 3.8) is 0 Å². The molecule has 1 aromatic carbocycles. The fourth-order valence-electron chi connectivity index (χ4n) is 1.52. The smallest absolute Gasteiger partial charge is 0.223 e. The van der Waals surface area contributed by atoms with Crippen LogP contribution in [0.4, 0.5) is 0 Å². The predicted octanol–water partition coefficient (Wildman–Crippen LogP) is 1.80. The number of benzene rings is 1. The van der Waals surface area contributed by atoms with Gasteiger partial charge in [0.25, 0.3) is 0 Å². The van der Waals surface area contributed by atoms with Gasteiger partial charge in [0, 0.05) is 12.6 Å². The number of rotatable bonds is 7. The van der Waals surface area contributed by atoms with Crippen LogP contribution in [0.5, 0.6) is 5.75 Å². The minimum absolute atomic E-state index is 0.0194. The summed E-state index contributed by atoms with van der Waals surface area (Å²) in [6.07, 6.45) is 0.378. The molecule has 0 spiro atoms. The molecule has 4 nitrogen and oxygen atoms in total. The highest BCUT2D eigenvalue weighted by Crippen LogP contribution is 2.16. The van der Waals surface area contributed by atoms with Crippen molar-refractivity contribution in [2.75, 3.05) is 20.2 Å². The first kappa shape index (κ1) is 15.5. The average molecular weight is 264 g/mol. The molecule has 1 rings (SSSR count). The standard InChI is InChI=1S/C15H24N2O2/c1-11-5-6-14(9-12(11)2)19-8-7-15(18)17-10-13(3)16-4/h5-6,9,13,16H,7-8,10H2,1-4H3,(H,17,18). The van der Waals surface area contributed by atoms with Gasteiger partial charge in [0.15, 0.2) is 0 Å². The van der Waals surface area contributed by atoms with Crippen molar-refractivity contribution in [1.82, 2.24) is 10.6 Å². The maximum atomic E-state index is 11.6. The molecule has 19 heavy (non-hydrogen) atoms. The quantitative estimate of drug-likeness (QED) is 0.789. The molecule has 0 saturated carbocycles. The molecule has 0 aromatic heterocycles. The van der Waals surface area contributed by atoms with Gasteiger partial charge in [0.1, 0.15) is 5.75 Å². The minimum atomic E-state index is 0.0194. The van der Waals surface area contributed by atoms with Gasteiger partial charge >= 0.3 is 0 Å². The summed E-state index contributed by atoms with van der Waals surface area (Å²) in [6.45, 7) is 7.18. The van der Waals surface area contributed by atoms with Crippen LogP contribution in [0, 0.1) is 13.8 Å². The first-order valence-corrected chi connectivity index (χ1v) is 6.67. The topological polar surface area (TPSA) is 50.4 Å². The van der Waals surface area contributed by atoms with E-state index in [1.807, 2.05) is 39.1 Å². The second-order valence-corrected chi connectivity index (χ2v) is 4.84. The van der Waals surface area contributed by atoms with Crippen LogP contribution >= 0.6 is 0 Å². The summed E-state index contributed by atoms with van der Waals surface area (Å²) in [4.78, 5) is 11.6. The highest BCUT2D eigenvalue weighted by atomic mass is 16.5. The number of ether oxygens (including phenoxy) is 1. The van der Waals surface area contributed by atoms with Crippen molar-refractivity contribution >= 4 is 5.91 Å². The van der Waals surface area contributed by atoms with E-state index >= 15 is 0 Å². The molecule has 0 aliphatic rings. The van der Waals surface area contributed by atoms with E-state index in [1.165, 1.54) is 11.1 Å². The maximum Gasteiger partial charge on any atom is 0.223 e. The van der Waals surface area contributed by atoms with Crippen molar-refractivity contribution in [2.24, 2.45) is 0 Å². The molecule has 0 bridgehead atoms. The predicted molar refractivity (Wildman–Crippen MR) is 77.6 cm³/mol. The van der Waals surface area contributed by atoms with Gasteiger partial charge in [-0.05, 0) is 51.1 Å². The Morgan fingerprint density at radius 2 is 2.05 bits per heavy atom. The van der Waals surface area contributed by atoms with Gasteiger partial charge in [-0.2, -0.15) is 0 Å². The molecular weight excluding hydrogens is 240 g/mol. The monoisotopic (exact) mass is 264 g/mol. The van der Waals surface area contributed by atoms with Crippen molar-refractivity contribution in [1.29, 1.82) is 0 Å². The van der Waals surface area contributed by atoms with Crippen LogP contribution in [0.3, 0.4) is 0 Å². The summed E-state index contributed by atoms with van der Waals surface area (Å²) in [6, 6.07) is 6.24. The number of nitrogens with one attached hydrogen (secondary N) is 2. The first-order valence-electron chi connectivity index (χ1n) is 6.67. The molecule has 1 atom stereocenters. The number of carbonyl (C=O) groups excluding carboxylic acids is 1. The van der Waals surface area contributed by atoms with E-state index in [9.17, 15) is 4.79 Å². The highest BCUT2D eigenvalue weighted by molar-refractivity contribution is 5.76. The third kappa shape index (κ3) is 5.75. The molecule has 0 radical (unpaired) electrons. The van der Waals surface area contributed by atoms with Crippen molar-refractivity contribution in [2.45, 2.75) is 33.2 Å². The Hall–Kier alpha value is -1.55. The zero-order valence-corrected chi connectivity index (χ0v) is 12.2. The lowest BCUT2D eigenvalue weighted by Crippen LogP contribution is -2.37. The van der Waals surface area contributed by atoms with E-state index in [0.29, 0.717) is 19.6 Å². The van der Waals surface area contributed by atoms with Gasteiger partial charge in [0.2, 0.25) is 5.91 Å². The lowest BCUT2D eigenvalue weighted by Gasteiger charge is -2.12. The first-order chi connectivity index (χ1) is 9.02. The fourth-order valence-corrected chi connectivity index (χ4v) is 1.52. The SMILES string of the molecule is CNC(C)CNC(=O)CCOc1ccc(C)c(C)c1.